The fraction of sp³-hybridized carbons (Fsp3) is 0.300. The lowest BCUT2D eigenvalue weighted by molar-refractivity contribution is -0.140. The first-order valence-corrected chi connectivity index (χ1v) is 10.3. The summed E-state index contributed by atoms with van der Waals surface area (Å²) in [5.41, 5.74) is 6.46. The lowest BCUT2D eigenvalue weighted by atomic mass is 10.1. The Morgan fingerprint density at radius 3 is 2.65 bits per heavy atom. The molecule has 34 heavy (non-hydrogen) atoms. The monoisotopic (exact) mass is 470 g/mol. The highest BCUT2D eigenvalue weighted by molar-refractivity contribution is 5.97. The molecule has 1 aromatic carbocycles. The molecule has 1 aromatic heterocycles. The van der Waals surface area contributed by atoms with Crippen molar-refractivity contribution in [1.29, 1.82) is 0 Å². The number of H-pyrrole nitrogens is 1. The zero-order valence-corrected chi connectivity index (χ0v) is 17.8. The Morgan fingerprint density at radius 1 is 1.24 bits per heavy atom. The summed E-state index contributed by atoms with van der Waals surface area (Å²) in [6.45, 7) is 0.938. The van der Waals surface area contributed by atoms with E-state index in [0.717, 1.165) is 0 Å². The Bertz CT molecular complexity index is 1210. The van der Waals surface area contributed by atoms with Crippen LogP contribution in [0.2, 0.25) is 0 Å². The van der Waals surface area contributed by atoms with Crippen molar-refractivity contribution in [3.8, 4) is 0 Å². The van der Waals surface area contributed by atoms with Crippen LogP contribution in [0.3, 0.4) is 0 Å². The third kappa shape index (κ3) is 4.60. The lowest BCUT2D eigenvalue weighted by Crippen LogP contribution is -2.54. The summed E-state index contributed by atoms with van der Waals surface area (Å²) >= 11 is 0. The van der Waals surface area contributed by atoms with E-state index in [1.807, 2.05) is 0 Å². The first-order chi connectivity index (χ1) is 16.2. The number of carbonyl (C=O) groups is 3. The van der Waals surface area contributed by atoms with E-state index in [9.17, 15) is 24.3 Å². The average Bonchev–Trinajstić information content (AvgIpc) is 2.80. The minimum absolute atomic E-state index is 0.0194. The molecule has 0 bridgehead atoms. The number of carboxylic acid groups (broad SMARTS) is 2. The van der Waals surface area contributed by atoms with Gasteiger partial charge in [0.1, 0.15) is 12.4 Å². The number of nitrogens with zero attached hydrogens (tertiary/aromatic N) is 4. The molecule has 2 aliphatic rings. The number of nitrogen functional groups attached to an aromatic ring is 1. The molecule has 3 heterocycles. The van der Waals surface area contributed by atoms with Crippen LogP contribution >= 0.6 is 0 Å². The van der Waals surface area contributed by atoms with Gasteiger partial charge < -0.3 is 31.5 Å². The third-order valence-electron chi connectivity index (χ3n) is 5.45. The number of hydrazone groups is 1. The van der Waals surface area contributed by atoms with Gasteiger partial charge in [-0.15, -0.1) is 0 Å². The first-order valence-electron chi connectivity index (χ1n) is 10.3. The first kappa shape index (κ1) is 22.6. The molecule has 2 aromatic rings. The fourth-order valence-electron chi connectivity index (χ4n) is 3.74. The van der Waals surface area contributed by atoms with Crippen LogP contribution in [0, 0.1) is 0 Å². The van der Waals surface area contributed by atoms with Crippen molar-refractivity contribution in [2.24, 2.45) is 5.10 Å². The number of nitrogens with two attached hydrogens (primary N) is 1. The highest BCUT2D eigenvalue weighted by atomic mass is 16.4. The van der Waals surface area contributed by atoms with Crippen molar-refractivity contribution >= 4 is 47.3 Å². The van der Waals surface area contributed by atoms with E-state index in [4.69, 9.17) is 10.8 Å². The number of carbonyl (C=O) groups excluding carboxylic acids is 1. The van der Waals surface area contributed by atoms with Gasteiger partial charge in [-0.1, -0.05) is 0 Å². The van der Waals surface area contributed by atoms with E-state index in [-0.39, 0.29) is 36.0 Å². The standard InChI is InChI=1S/C20H22N8O6/c21-20-25-16-15(18(32)26-20)27-9-23-28(8-12(27)7-22-16)11-3-1-10(2-4-11)17(31)24-13(19(33)34)5-6-14(29)30/h1-4,9,12-13H,5-8H2,(H,24,31)(H,29,30)(H,33,34)(H4,21,22,25,26,32)/t12?,13-/m0/s1. The number of rotatable bonds is 7. The molecule has 14 heteroatoms. The van der Waals surface area contributed by atoms with Crippen LogP contribution in [0.4, 0.5) is 23.1 Å². The van der Waals surface area contributed by atoms with Crippen molar-refractivity contribution < 1.29 is 24.6 Å². The van der Waals surface area contributed by atoms with E-state index in [1.54, 1.807) is 22.0 Å². The van der Waals surface area contributed by atoms with Crippen molar-refractivity contribution in [3.05, 3.63) is 40.2 Å². The minimum Gasteiger partial charge on any atom is -0.481 e. The van der Waals surface area contributed by atoms with Crippen LogP contribution in [-0.2, 0) is 9.59 Å². The number of fused-ring (bicyclic) bond motifs is 3. The number of hydrogen-bond acceptors (Lipinski definition) is 10. The second-order valence-electron chi connectivity index (χ2n) is 7.75. The van der Waals surface area contributed by atoms with Crippen LogP contribution in [0.15, 0.2) is 34.2 Å². The van der Waals surface area contributed by atoms with Crippen LogP contribution in [0.25, 0.3) is 0 Å². The second kappa shape index (κ2) is 9.09. The zero-order valence-electron chi connectivity index (χ0n) is 17.8. The normalized spacial score (nSPS) is 17.2. The van der Waals surface area contributed by atoms with Gasteiger partial charge in [0.05, 0.1) is 18.3 Å². The quantitative estimate of drug-likeness (QED) is 0.303. The number of aromatic amines is 1. The molecule has 0 saturated carbocycles. The number of anilines is 4. The maximum absolute atomic E-state index is 12.4. The molecule has 0 spiro atoms. The molecule has 178 valence electrons. The number of nitrogens with one attached hydrogen (secondary N) is 3. The predicted molar refractivity (Wildman–Crippen MR) is 122 cm³/mol. The Kier molecular flexibility index (Phi) is 6.03. The van der Waals surface area contributed by atoms with E-state index in [2.05, 4.69) is 25.7 Å². The maximum atomic E-state index is 12.4. The van der Waals surface area contributed by atoms with E-state index >= 15 is 0 Å². The summed E-state index contributed by atoms with van der Waals surface area (Å²) < 4.78 is 0. The Hall–Kier alpha value is -4.62. The number of hydrogen-bond donors (Lipinski definition) is 6. The van der Waals surface area contributed by atoms with Crippen LogP contribution < -0.4 is 31.8 Å². The Morgan fingerprint density at radius 2 is 1.97 bits per heavy atom. The molecule has 2 atom stereocenters. The summed E-state index contributed by atoms with van der Waals surface area (Å²) in [6, 6.07) is 4.94. The van der Waals surface area contributed by atoms with Crippen molar-refractivity contribution in [3.63, 3.8) is 0 Å². The molecule has 4 rings (SSSR count). The molecular weight excluding hydrogens is 448 g/mol. The Balaban J connectivity index is 1.45. The SMILES string of the molecule is Nc1nc2c(c(=O)[nH]1)N1C=NN(c3ccc(C(=O)N[C@@H](CCC(=O)O)C(=O)O)cc3)CC1CN2. The molecule has 1 unspecified atom stereocenters. The Labute approximate surface area is 192 Å². The van der Waals surface area contributed by atoms with Gasteiger partial charge in [-0.25, -0.2) is 4.79 Å². The topological polar surface area (TPSA) is 206 Å². The van der Waals surface area contributed by atoms with Gasteiger partial charge in [0.25, 0.3) is 11.5 Å². The molecule has 0 radical (unpaired) electrons. The van der Waals surface area contributed by atoms with Crippen molar-refractivity contribution in [2.75, 3.05) is 34.0 Å². The molecule has 0 aliphatic carbocycles. The highest BCUT2D eigenvalue weighted by Gasteiger charge is 2.33. The second-order valence-corrected chi connectivity index (χ2v) is 7.75. The third-order valence-corrected chi connectivity index (χ3v) is 5.45. The smallest absolute Gasteiger partial charge is 0.326 e. The largest absolute Gasteiger partial charge is 0.481 e. The van der Waals surface area contributed by atoms with Gasteiger partial charge in [-0.3, -0.25) is 24.4 Å². The number of aliphatic carboxylic acids is 2. The minimum atomic E-state index is -1.31. The summed E-state index contributed by atoms with van der Waals surface area (Å²) in [4.78, 5) is 55.1. The maximum Gasteiger partial charge on any atom is 0.326 e. The van der Waals surface area contributed by atoms with Crippen molar-refractivity contribution in [1.82, 2.24) is 15.3 Å². The van der Waals surface area contributed by atoms with Gasteiger partial charge in [-0.2, -0.15) is 10.1 Å². The summed E-state index contributed by atoms with van der Waals surface area (Å²) in [6.07, 6.45) is 0.925. The van der Waals surface area contributed by atoms with Gasteiger partial charge in [-0.05, 0) is 30.7 Å². The molecule has 14 nitrogen and oxygen atoms in total. The molecule has 7 N–H and O–H groups in total. The lowest BCUT2D eigenvalue weighted by Gasteiger charge is -2.40. The van der Waals surface area contributed by atoms with Gasteiger partial charge in [0, 0.05) is 18.5 Å². The van der Waals surface area contributed by atoms with Gasteiger partial charge in [0.2, 0.25) is 5.95 Å². The summed E-state index contributed by atoms with van der Waals surface area (Å²) in [7, 11) is 0. The molecule has 0 fully saturated rings. The van der Waals surface area contributed by atoms with E-state index in [0.29, 0.717) is 30.3 Å². The number of carboxylic acids is 2. The van der Waals surface area contributed by atoms with E-state index in [1.165, 1.54) is 18.5 Å². The van der Waals surface area contributed by atoms with Crippen LogP contribution in [0.1, 0.15) is 23.2 Å². The van der Waals surface area contributed by atoms with Gasteiger partial charge in [0.15, 0.2) is 11.5 Å². The average molecular weight is 470 g/mol. The van der Waals surface area contributed by atoms with Crippen molar-refractivity contribution in [2.45, 2.75) is 24.9 Å². The van der Waals surface area contributed by atoms with E-state index < -0.39 is 23.9 Å². The molecule has 2 aliphatic heterocycles. The van der Waals surface area contributed by atoms with Crippen LogP contribution in [-0.4, -0.2) is 69.5 Å². The summed E-state index contributed by atoms with van der Waals surface area (Å²) in [5, 5.41) is 29.5. The fourth-order valence-corrected chi connectivity index (χ4v) is 3.74. The number of aromatic nitrogens is 2. The molecular formula is C20H22N8O6. The summed E-state index contributed by atoms with van der Waals surface area (Å²) in [5.74, 6) is -2.68. The van der Waals surface area contributed by atoms with Crippen LogP contribution in [0.5, 0.6) is 0 Å². The number of benzene rings is 1. The molecule has 0 saturated heterocycles. The van der Waals surface area contributed by atoms with Gasteiger partial charge >= 0.3 is 11.9 Å². The zero-order chi connectivity index (χ0) is 24.4. The highest BCUT2D eigenvalue weighted by Crippen LogP contribution is 2.29. The number of amides is 1. The predicted octanol–water partition coefficient (Wildman–Crippen LogP) is -0.536. The molecule has 1 amide bonds.